The van der Waals surface area contributed by atoms with Crippen LogP contribution in [0.2, 0.25) is 0 Å². The number of benzene rings is 10. The number of hydrogen-bond acceptors (Lipinski definition) is 3. The summed E-state index contributed by atoms with van der Waals surface area (Å²) in [4.78, 5) is 15.6. The van der Waals surface area contributed by atoms with E-state index in [9.17, 15) is 0 Å². The van der Waals surface area contributed by atoms with Crippen molar-refractivity contribution in [3.05, 3.63) is 259 Å². The molecule has 13 rings (SSSR count). The average molecular weight is 826 g/mol. The Morgan fingerprint density at radius 1 is 0.215 bits per heavy atom. The van der Waals surface area contributed by atoms with Crippen molar-refractivity contribution in [2.24, 2.45) is 0 Å². The van der Waals surface area contributed by atoms with Crippen LogP contribution in [-0.2, 0) is 5.41 Å². The Labute approximate surface area is 378 Å². The summed E-state index contributed by atoms with van der Waals surface area (Å²) in [5, 5.41) is 2.31. The van der Waals surface area contributed by atoms with E-state index in [1.807, 2.05) is 6.07 Å². The minimum atomic E-state index is -0.429. The molecule has 1 heterocycles. The summed E-state index contributed by atoms with van der Waals surface area (Å²) in [6.07, 6.45) is 0. The van der Waals surface area contributed by atoms with Gasteiger partial charge in [0.2, 0.25) is 0 Å². The van der Waals surface area contributed by atoms with E-state index < -0.39 is 5.41 Å². The second kappa shape index (κ2) is 14.8. The molecular formula is C62H39N3. The summed E-state index contributed by atoms with van der Waals surface area (Å²) in [6.45, 7) is 0. The normalized spacial score (nSPS) is 12.7. The summed E-state index contributed by atoms with van der Waals surface area (Å²) in [6, 6.07) is 85.3. The van der Waals surface area contributed by atoms with E-state index in [0.29, 0.717) is 17.5 Å². The Morgan fingerprint density at radius 2 is 0.631 bits per heavy atom. The first-order valence-electron chi connectivity index (χ1n) is 22.3. The predicted molar refractivity (Wildman–Crippen MR) is 266 cm³/mol. The lowest BCUT2D eigenvalue weighted by Crippen LogP contribution is -2.25. The molecule has 0 fully saturated rings. The van der Waals surface area contributed by atoms with Crippen LogP contribution in [0, 0.1) is 0 Å². The second-order valence-electron chi connectivity index (χ2n) is 17.1. The molecule has 0 saturated carbocycles. The van der Waals surface area contributed by atoms with Crippen molar-refractivity contribution in [2.45, 2.75) is 5.41 Å². The highest BCUT2D eigenvalue weighted by molar-refractivity contribution is 5.97. The number of hydrogen-bond donors (Lipinski definition) is 0. The van der Waals surface area contributed by atoms with Gasteiger partial charge in [-0.25, -0.2) is 15.0 Å². The zero-order valence-electron chi connectivity index (χ0n) is 35.4. The third kappa shape index (κ3) is 5.86. The van der Waals surface area contributed by atoms with Gasteiger partial charge in [-0.2, -0.15) is 0 Å². The molecule has 0 saturated heterocycles. The van der Waals surface area contributed by atoms with Crippen LogP contribution in [0.3, 0.4) is 0 Å². The Morgan fingerprint density at radius 3 is 1.26 bits per heavy atom. The molecular weight excluding hydrogens is 787 g/mol. The van der Waals surface area contributed by atoms with Crippen molar-refractivity contribution < 1.29 is 0 Å². The van der Waals surface area contributed by atoms with Crippen molar-refractivity contribution in [3.8, 4) is 89.8 Å². The van der Waals surface area contributed by atoms with E-state index in [4.69, 9.17) is 15.0 Å². The fourth-order valence-electron chi connectivity index (χ4n) is 10.6. The van der Waals surface area contributed by atoms with Crippen LogP contribution in [0.25, 0.3) is 101 Å². The van der Waals surface area contributed by atoms with E-state index in [0.717, 1.165) is 49.9 Å². The molecule has 0 bridgehead atoms. The third-order valence-corrected chi connectivity index (χ3v) is 13.6. The SMILES string of the molecule is c1ccc(-c2ccc(-c3nc(-c4ccc(-c5ccc6c(c5)C5(c7ccccc7-c7ccccc75)c5ccccc5-6)c(-c5ccccc5)c4)nc(-c4ccc5ccccc5c4)n3)cc2)cc1. The molecule has 0 aliphatic heterocycles. The minimum Gasteiger partial charge on any atom is -0.208 e. The first-order chi connectivity index (χ1) is 32.2. The topological polar surface area (TPSA) is 38.7 Å². The molecule has 3 heteroatoms. The standard InChI is InChI=1S/C62H39N3/c1-3-15-40(16-4-1)42-27-30-44(31-28-42)59-63-60(47-32-29-41-17-7-8-20-45(41)37-47)65-61(64-59)48-34-35-49(54(38-48)43-18-5-2-6-19-43)46-33-36-53-52-23-11-14-26-57(52)62(58(53)39-46)55-24-12-9-21-50(55)51-22-10-13-25-56(51)62/h1-39H. The fraction of sp³-hybridized carbons (Fsp3) is 0.0161. The predicted octanol–water partition coefficient (Wildman–Crippen LogP) is 15.4. The Balaban J connectivity index is 0.991. The van der Waals surface area contributed by atoms with Crippen molar-refractivity contribution >= 4 is 10.8 Å². The van der Waals surface area contributed by atoms with E-state index >= 15 is 0 Å². The summed E-state index contributed by atoms with van der Waals surface area (Å²) >= 11 is 0. The molecule has 2 aliphatic carbocycles. The van der Waals surface area contributed by atoms with Gasteiger partial charge in [-0.3, -0.25) is 0 Å². The van der Waals surface area contributed by atoms with Gasteiger partial charge in [0.15, 0.2) is 17.5 Å². The lowest BCUT2D eigenvalue weighted by Gasteiger charge is -2.30. The monoisotopic (exact) mass is 825 g/mol. The smallest absolute Gasteiger partial charge is 0.164 e. The van der Waals surface area contributed by atoms with Crippen LogP contribution >= 0.6 is 0 Å². The average Bonchev–Trinajstić information content (AvgIpc) is 3.86. The fourth-order valence-corrected chi connectivity index (χ4v) is 10.6. The zero-order chi connectivity index (χ0) is 42.9. The molecule has 0 amide bonds. The van der Waals surface area contributed by atoms with Crippen LogP contribution < -0.4 is 0 Å². The van der Waals surface area contributed by atoms with Crippen molar-refractivity contribution in [1.82, 2.24) is 15.0 Å². The molecule has 0 radical (unpaired) electrons. The van der Waals surface area contributed by atoms with Gasteiger partial charge in [-0.05, 0) is 107 Å². The third-order valence-electron chi connectivity index (χ3n) is 13.6. The van der Waals surface area contributed by atoms with Crippen molar-refractivity contribution in [1.29, 1.82) is 0 Å². The van der Waals surface area contributed by atoms with E-state index in [1.165, 1.54) is 55.5 Å². The van der Waals surface area contributed by atoms with Gasteiger partial charge in [0.25, 0.3) is 0 Å². The maximum atomic E-state index is 5.25. The number of aromatic nitrogens is 3. The van der Waals surface area contributed by atoms with Gasteiger partial charge in [0.05, 0.1) is 5.41 Å². The largest absolute Gasteiger partial charge is 0.208 e. The molecule has 3 nitrogen and oxygen atoms in total. The maximum absolute atomic E-state index is 5.25. The Kier molecular flexibility index (Phi) is 8.44. The van der Waals surface area contributed by atoms with Crippen LogP contribution in [0.1, 0.15) is 22.3 Å². The number of fused-ring (bicyclic) bond motifs is 11. The van der Waals surface area contributed by atoms with E-state index in [-0.39, 0.29) is 0 Å². The molecule has 0 unspecified atom stereocenters. The van der Waals surface area contributed by atoms with Crippen molar-refractivity contribution in [2.75, 3.05) is 0 Å². The van der Waals surface area contributed by atoms with Gasteiger partial charge in [-0.1, -0.05) is 218 Å². The first-order valence-corrected chi connectivity index (χ1v) is 22.3. The number of nitrogens with zero attached hydrogens (tertiary/aromatic N) is 3. The zero-order valence-corrected chi connectivity index (χ0v) is 35.4. The number of rotatable bonds is 6. The van der Waals surface area contributed by atoms with E-state index in [2.05, 4.69) is 231 Å². The molecule has 0 N–H and O–H groups in total. The Bertz CT molecular complexity index is 3590. The molecule has 0 atom stereocenters. The van der Waals surface area contributed by atoms with Crippen molar-refractivity contribution in [3.63, 3.8) is 0 Å². The molecule has 302 valence electrons. The van der Waals surface area contributed by atoms with Gasteiger partial charge in [0.1, 0.15) is 0 Å². The van der Waals surface area contributed by atoms with Crippen LogP contribution in [0.15, 0.2) is 237 Å². The molecule has 65 heavy (non-hydrogen) atoms. The lowest BCUT2D eigenvalue weighted by atomic mass is 9.70. The highest BCUT2D eigenvalue weighted by Gasteiger charge is 2.51. The summed E-state index contributed by atoms with van der Waals surface area (Å²) < 4.78 is 0. The maximum Gasteiger partial charge on any atom is 0.164 e. The van der Waals surface area contributed by atoms with Gasteiger partial charge >= 0.3 is 0 Å². The summed E-state index contributed by atoms with van der Waals surface area (Å²) in [7, 11) is 0. The molecule has 2 aliphatic rings. The summed E-state index contributed by atoms with van der Waals surface area (Å²) in [5.41, 5.74) is 19.7. The van der Waals surface area contributed by atoms with Gasteiger partial charge in [-0.15, -0.1) is 0 Å². The highest BCUT2D eigenvalue weighted by atomic mass is 15.0. The second-order valence-corrected chi connectivity index (χ2v) is 17.1. The lowest BCUT2D eigenvalue weighted by molar-refractivity contribution is 0.794. The van der Waals surface area contributed by atoms with Gasteiger partial charge in [0, 0.05) is 16.7 Å². The van der Waals surface area contributed by atoms with Crippen LogP contribution in [0.4, 0.5) is 0 Å². The van der Waals surface area contributed by atoms with Crippen LogP contribution in [0.5, 0.6) is 0 Å². The highest BCUT2D eigenvalue weighted by Crippen LogP contribution is 2.63. The minimum absolute atomic E-state index is 0.429. The van der Waals surface area contributed by atoms with Crippen LogP contribution in [-0.4, -0.2) is 15.0 Å². The first kappa shape index (κ1) is 37.1. The van der Waals surface area contributed by atoms with E-state index in [1.54, 1.807) is 0 Å². The quantitative estimate of drug-likeness (QED) is 0.168. The molecule has 11 aromatic rings. The molecule has 1 spiro atoms. The molecule has 10 aromatic carbocycles. The molecule has 1 aromatic heterocycles. The summed E-state index contributed by atoms with van der Waals surface area (Å²) in [5.74, 6) is 1.88. The van der Waals surface area contributed by atoms with Gasteiger partial charge < -0.3 is 0 Å². The Hall–Kier alpha value is -8.53.